The standard InChI is InChI=1S/C19H34N4O3.HI/c1-6-20-17(21-13-18(3,4)23-9-11-25-12-10-23)22-14-19(5,24)16-8-7-15(2)26-16;/h7-8,24H,6,9-14H2,1-5H3,(H2,20,21,22);1H. The third-order valence-corrected chi connectivity index (χ3v) is 4.71. The lowest BCUT2D eigenvalue weighted by Gasteiger charge is -2.40. The van der Waals surface area contributed by atoms with Gasteiger partial charge in [0.05, 0.1) is 26.3 Å². The molecule has 1 saturated heterocycles. The van der Waals surface area contributed by atoms with E-state index in [9.17, 15) is 5.11 Å². The van der Waals surface area contributed by atoms with E-state index in [1.54, 1.807) is 6.92 Å². The van der Waals surface area contributed by atoms with Crippen molar-refractivity contribution in [3.63, 3.8) is 0 Å². The number of ether oxygens (including phenoxy) is 1. The summed E-state index contributed by atoms with van der Waals surface area (Å²) in [7, 11) is 0. The van der Waals surface area contributed by atoms with Gasteiger partial charge in [-0.2, -0.15) is 0 Å². The number of halogens is 1. The van der Waals surface area contributed by atoms with Crippen molar-refractivity contribution < 1.29 is 14.3 Å². The second kappa shape index (κ2) is 10.6. The zero-order chi connectivity index (χ0) is 19.2. The highest BCUT2D eigenvalue weighted by Crippen LogP contribution is 2.22. The van der Waals surface area contributed by atoms with E-state index in [1.165, 1.54) is 0 Å². The number of guanidine groups is 1. The fraction of sp³-hybridized carbons (Fsp3) is 0.737. The molecule has 0 spiro atoms. The zero-order valence-corrected chi connectivity index (χ0v) is 19.5. The Bertz CT molecular complexity index is 596. The van der Waals surface area contributed by atoms with Crippen LogP contribution in [-0.4, -0.2) is 67.4 Å². The van der Waals surface area contributed by atoms with Gasteiger partial charge in [-0.05, 0) is 46.8 Å². The number of aliphatic imine (C=N–C) groups is 1. The minimum Gasteiger partial charge on any atom is -0.463 e. The van der Waals surface area contributed by atoms with Gasteiger partial charge in [0.15, 0.2) is 5.96 Å². The molecule has 8 heteroatoms. The van der Waals surface area contributed by atoms with Crippen molar-refractivity contribution in [2.75, 3.05) is 45.9 Å². The third-order valence-electron chi connectivity index (χ3n) is 4.71. The summed E-state index contributed by atoms with van der Waals surface area (Å²) in [5.41, 5.74) is -1.16. The molecule has 1 aliphatic heterocycles. The van der Waals surface area contributed by atoms with Crippen molar-refractivity contribution in [1.29, 1.82) is 0 Å². The van der Waals surface area contributed by atoms with E-state index in [0.29, 0.717) is 24.8 Å². The molecule has 3 N–H and O–H groups in total. The zero-order valence-electron chi connectivity index (χ0n) is 17.2. The SMILES string of the molecule is CCNC(=NCC(C)(C)N1CCOCC1)NCC(C)(O)c1ccc(C)o1.I. The number of aryl methyl sites for hydroxylation is 1. The lowest BCUT2D eigenvalue weighted by atomic mass is 10.0. The molecule has 1 aliphatic rings. The summed E-state index contributed by atoms with van der Waals surface area (Å²) in [5, 5.41) is 17.2. The fourth-order valence-corrected chi connectivity index (χ4v) is 2.95. The molecule has 1 fully saturated rings. The molecule has 0 aromatic carbocycles. The van der Waals surface area contributed by atoms with Crippen molar-refractivity contribution >= 4 is 29.9 Å². The Balaban J connectivity index is 0.00000364. The number of aliphatic hydroxyl groups is 1. The molecule has 0 bridgehead atoms. The number of morpholine rings is 1. The predicted octanol–water partition coefficient (Wildman–Crippen LogP) is 2.08. The van der Waals surface area contributed by atoms with Crippen LogP contribution in [0.5, 0.6) is 0 Å². The van der Waals surface area contributed by atoms with Crippen molar-refractivity contribution in [2.24, 2.45) is 4.99 Å². The third kappa shape index (κ3) is 7.24. The second-order valence-corrected chi connectivity index (χ2v) is 7.64. The van der Waals surface area contributed by atoms with E-state index >= 15 is 0 Å². The van der Waals surface area contributed by atoms with Gasteiger partial charge in [-0.25, -0.2) is 0 Å². The highest BCUT2D eigenvalue weighted by molar-refractivity contribution is 14.0. The summed E-state index contributed by atoms with van der Waals surface area (Å²) < 4.78 is 11.0. The molecular formula is C19H35IN4O3. The molecule has 0 saturated carbocycles. The molecule has 1 aromatic rings. The van der Waals surface area contributed by atoms with Gasteiger partial charge in [0, 0.05) is 25.2 Å². The Hall–Kier alpha value is -0.840. The smallest absolute Gasteiger partial charge is 0.191 e. The van der Waals surface area contributed by atoms with E-state index in [2.05, 4.69) is 29.4 Å². The molecule has 2 rings (SSSR count). The summed E-state index contributed by atoms with van der Waals surface area (Å²) in [6.45, 7) is 15.2. The van der Waals surface area contributed by atoms with Gasteiger partial charge >= 0.3 is 0 Å². The maximum atomic E-state index is 10.7. The lowest BCUT2D eigenvalue weighted by Crippen LogP contribution is -2.52. The molecule has 1 atom stereocenters. The van der Waals surface area contributed by atoms with Crippen molar-refractivity contribution in [3.8, 4) is 0 Å². The van der Waals surface area contributed by atoms with Crippen molar-refractivity contribution in [3.05, 3.63) is 23.7 Å². The first-order valence-electron chi connectivity index (χ1n) is 9.39. The van der Waals surface area contributed by atoms with Crippen LogP contribution in [0.15, 0.2) is 21.5 Å². The number of rotatable bonds is 7. The fourth-order valence-electron chi connectivity index (χ4n) is 2.95. The molecule has 156 valence electrons. The monoisotopic (exact) mass is 494 g/mol. The van der Waals surface area contributed by atoms with Gasteiger partial charge in [-0.15, -0.1) is 24.0 Å². The minimum atomic E-state index is -1.11. The molecule has 0 amide bonds. The van der Waals surface area contributed by atoms with E-state index in [-0.39, 0.29) is 29.5 Å². The summed E-state index contributed by atoms with van der Waals surface area (Å²) in [4.78, 5) is 7.14. The number of furan rings is 1. The van der Waals surface area contributed by atoms with Gasteiger partial charge in [-0.3, -0.25) is 9.89 Å². The summed E-state index contributed by atoms with van der Waals surface area (Å²) in [5.74, 6) is 2.03. The quantitative estimate of drug-likeness (QED) is 0.306. The highest BCUT2D eigenvalue weighted by atomic mass is 127. The summed E-state index contributed by atoms with van der Waals surface area (Å²) in [6, 6.07) is 3.66. The van der Waals surface area contributed by atoms with E-state index in [4.69, 9.17) is 14.1 Å². The Morgan fingerprint density at radius 1 is 1.22 bits per heavy atom. The van der Waals surface area contributed by atoms with Gasteiger partial charge in [0.2, 0.25) is 0 Å². The number of hydrogen-bond donors (Lipinski definition) is 3. The Labute approximate surface area is 180 Å². The number of hydrogen-bond acceptors (Lipinski definition) is 5. The first kappa shape index (κ1) is 24.2. The van der Waals surface area contributed by atoms with Crippen LogP contribution >= 0.6 is 24.0 Å². The predicted molar refractivity (Wildman–Crippen MR) is 119 cm³/mol. The summed E-state index contributed by atoms with van der Waals surface area (Å²) in [6.07, 6.45) is 0. The largest absolute Gasteiger partial charge is 0.463 e. The van der Waals surface area contributed by atoms with Crippen LogP contribution in [0, 0.1) is 6.92 Å². The number of nitrogens with one attached hydrogen (secondary N) is 2. The van der Waals surface area contributed by atoms with Crippen LogP contribution in [-0.2, 0) is 10.3 Å². The molecule has 27 heavy (non-hydrogen) atoms. The van der Waals surface area contributed by atoms with Crippen molar-refractivity contribution in [1.82, 2.24) is 15.5 Å². The Kier molecular flexibility index (Phi) is 9.53. The summed E-state index contributed by atoms with van der Waals surface area (Å²) >= 11 is 0. The van der Waals surface area contributed by atoms with Gasteiger partial charge in [0.1, 0.15) is 17.1 Å². The van der Waals surface area contributed by atoms with Crippen molar-refractivity contribution in [2.45, 2.75) is 45.8 Å². The highest BCUT2D eigenvalue weighted by Gasteiger charge is 2.29. The van der Waals surface area contributed by atoms with Crippen LogP contribution in [0.3, 0.4) is 0 Å². The van der Waals surface area contributed by atoms with E-state index < -0.39 is 5.60 Å². The molecule has 1 unspecified atom stereocenters. The molecule has 7 nitrogen and oxygen atoms in total. The second-order valence-electron chi connectivity index (χ2n) is 7.64. The van der Waals surface area contributed by atoms with Gasteiger partial charge < -0.3 is 24.9 Å². The average molecular weight is 494 g/mol. The van der Waals surface area contributed by atoms with E-state index in [0.717, 1.165) is 38.6 Å². The maximum absolute atomic E-state index is 10.7. The van der Waals surface area contributed by atoms with Gasteiger partial charge in [-0.1, -0.05) is 0 Å². The number of nitrogens with zero attached hydrogens (tertiary/aromatic N) is 2. The average Bonchev–Trinajstić information content (AvgIpc) is 3.06. The van der Waals surface area contributed by atoms with Crippen LogP contribution in [0.1, 0.15) is 39.2 Å². The molecule has 0 aliphatic carbocycles. The van der Waals surface area contributed by atoms with Crippen LogP contribution in [0.2, 0.25) is 0 Å². The lowest BCUT2D eigenvalue weighted by molar-refractivity contribution is -0.00686. The normalized spacial score (nSPS) is 18.5. The topological polar surface area (TPSA) is 82.3 Å². The van der Waals surface area contributed by atoms with Crippen LogP contribution in [0.4, 0.5) is 0 Å². The maximum Gasteiger partial charge on any atom is 0.191 e. The first-order chi connectivity index (χ1) is 12.2. The molecular weight excluding hydrogens is 459 g/mol. The molecule has 0 radical (unpaired) electrons. The van der Waals surface area contributed by atoms with E-state index in [1.807, 2.05) is 26.0 Å². The minimum absolute atomic E-state index is 0. The first-order valence-corrected chi connectivity index (χ1v) is 9.39. The molecule has 2 heterocycles. The molecule has 1 aromatic heterocycles. The van der Waals surface area contributed by atoms with Crippen LogP contribution < -0.4 is 10.6 Å². The van der Waals surface area contributed by atoms with Gasteiger partial charge in [0.25, 0.3) is 0 Å². The Morgan fingerprint density at radius 3 is 2.44 bits per heavy atom. The van der Waals surface area contributed by atoms with Crippen LogP contribution in [0.25, 0.3) is 0 Å². The Morgan fingerprint density at radius 2 is 1.89 bits per heavy atom.